The number of nitrogens with one attached hydrogen (secondary N) is 2. The highest BCUT2D eigenvalue weighted by atomic mass is 16.5. The summed E-state index contributed by atoms with van der Waals surface area (Å²) in [7, 11) is 5.24. The number of likely N-dealkylation sites (N-methyl/N-ethyl adjacent to an activating group) is 1. The molecular formula is C23H33N5O3. The van der Waals surface area contributed by atoms with E-state index >= 15 is 0 Å². The van der Waals surface area contributed by atoms with Crippen LogP contribution in [-0.4, -0.2) is 59.6 Å². The number of amides is 2. The Hall–Kier alpha value is -2.87. The second kappa shape index (κ2) is 9.09. The number of hydrogen-bond donors (Lipinski definition) is 2. The van der Waals surface area contributed by atoms with Gasteiger partial charge in [0, 0.05) is 20.1 Å². The normalized spacial score (nSPS) is 16.2. The van der Waals surface area contributed by atoms with E-state index in [0.29, 0.717) is 23.8 Å². The molecule has 8 nitrogen and oxygen atoms in total. The number of nitrogens with zero attached hydrogens (tertiary/aromatic N) is 3. The van der Waals surface area contributed by atoms with Gasteiger partial charge in [-0.05, 0) is 45.0 Å². The van der Waals surface area contributed by atoms with Crippen molar-refractivity contribution in [3.8, 4) is 17.1 Å². The van der Waals surface area contributed by atoms with E-state index in [-0.39, 0.29) is 17.7 Å². The minimum atomic E-state index is -1.05. The van der Waals surface area contributed by atoms with Gasteiger partial charge in [-0.2, -0.15) is 0 Å². The van der Waals surface area contributed by atoms with E-state index in [1.807, 2.05) is 45.2 Å². The zero-order chi connectivity index (χ0) is 22.8. The summed E-state index contributed by atoms with van der Waals surface area (Å²) in [5, 5.41) is 5.63. The molecule has 2 aromatic rings. The quantitative estimate of drug-likeness (QED) is 0.738. The molecule has 0 bridgehead atoms. The standard InChI is InChI=1S/C23H33N5O3/c1-15(2)23(3,22(30)24-4)26-21(29)19-17-14-27(5)12-9-13-28(17)20(25-19)16-10-7-8-11-18(16)31-6/h7-8,10-11,15H,9,12-14H2,1-6H3,(H,24,30)(H,26,29). The first-order valence-electron chi connectivity index (χ1n) is 10.7. The van der Waals surface area contributed by atoms with Crippen LogP contribution in [0.15, 0.2) is 24.3 Å². The minimum absolute atomic E-state index is 0.103. The Morgan fingerprint density at radius 1 is 1.23 bits per heavy atom. The van der Waals surface area contributed by atoms with Crippen LogP contribution < -0.4 is 15.4 Å². The average Bonchev–Trinajstić information content (AvgIpc) is 2.99. The molecule has 0 aliphatic carbocycles. The van der Waals surface area contributed by atoms with E-state index in [1.54, 1.807) is 21.1 Å². The first-order chi connectivity index (χ1) is 14.7. The lowest BCUT2D eigenvalue weighted by Crippen LogP contribution is -2.59. The molecule has 0 saturated heterocycles. The number of fused-ring (bicyclic) bond motifs is 1. The molecule has 1 unspecified atom stereocenters. The summed E-state index contributed by atoms with van der Waals surface area (Å²) in [5.41, 5.74) is 0.989. The number of para-hydroxylation sites is 1. The van der Waals surface area contributed by atoms with Gasteiger partial charge in [-0.1, -0.05) is 26.0 Å². The molecule has 0 radical (unpaired) electrons. The highest BCUT2D eigenvalue weighted by Gasteiger charge is 2.39. The molecule has 1 aliphatic rings. The van der Waals surface area contributed by atoms with Crippen LogP contribution in [0.1, 0.15) is 43.4 Å². The van der Waals surface area contributed by atoms with Gasteiger partial charge >= 0.3 is 0 Å². The molecule has 0 saturated carbocycles. The molecule has 1 aromatic heterocycles. The molecule has 0 fully saturated rings. The zero-order valence-electron chi connectivity index (χ0n) is 19.3. The monoisotopic (exact) mass is 427 g/mol. The Morgan fingerprint density at radius 3 is 2.58 bits per heavy atom. The largest absolute Gasteiger partial charge is 0.496 e. The molecule has 3 rings (SSSR count). The van der Waals surface area contributed by atoms with Crippen LogP contribution in [0.3, 0.4) is 0 Å². The van der Waals surface area contributed by atoms with Gasteiger partial charge in [0.2, 0.25) is 5.91 Å². The van der Waals surface area contributed by atoms with Gasteiger partial charge in [-0.25, -0.2) is 4.98 Å². The van der Waals surface area contributed by atoms with Crippen molar-refractivity contribution in [1.82, 2.24) is 25.1 Å². The lowest BCUT2D eigenvalue weighted by molar-refractivity contribution is -0.127. The van der Waals surface area contributed by atoms with E-state index in [1.165, 1.54) is 0 Å². The highest BCUT2D eigenvalue weighted by molar-refractivity contribution is 5.99. The van der Waals surface area contributed by atoms with Crippen molar-refractivity contribution in [3.05, 3.63) is 35.7 Å². The van der Waals surface area contributed by atoms with Gasteiger partial charge in [0.15, 0.2) is 5.69 Å². The van der Waals surface area contributed by atoms with Crippen molar-refractivity contribution in [1.29, 1.82) is 0 Å². The second-order valence-corrected chi connectivity index (χ2v) is 8.56. The number of hydrogen-bond acceptors (Lipinski definition) is 5. The van der Waals surface area contributed by atoms with E-state index in [0.717, 1.165) is 30.8 Å². The summed E-state index contributed by atoms with van der Waals surface area (Å²) in [4.78, 5) is 33.0. The Kier molecular flexibility index (Phi) is 6.69. The van der Waals surface area contributed by atoms with Crippen molar-refractivity contribution in [3.63, 3.8) is 0 Å². The fraction of sp³-hybridized carbons (Fsp3) is 0.522. The number of carbonyl (C=O) groups is 2. The number of carbonyl (C=O) groups excluding carboxylic acids is 2. The Labute approximate surface area is 184 Å². The minimum Gasteiger partial charge on any atom is -0.496 e. The van der Waals surface area contributed by atoms with Crippen LogP contribution in [0, 0.1) is 5.92 Å². The third-order valence-electron chi connectivity index (χ3n) is 6.20. The van der Waals surface area contributed by atoms with Gasteiger partial charge in [0.25, 0.3) is 5.91 Å². The van der Waals surface area contributed by atoms with Crippen LogP contribution in [0.2, 0.25) is 0 Å². The third kappa shape index (κ3) is 4.30. The van der Waals surface area contributed by atoms with Crippen LogP contribution in [0.5, 0.6) is 5.75 Å². The lowest BCUT2D eigenvalue weighted by atomic mass is 9.87. The van der Waals surface area contributed by atoms with E-state index in [2.05, 4.69) is 20.1 Å². The van der Waals surface area contributed by atoms with Crippen LogP contribution in [0.25, 0.3) is 11.4 Å². The van der Waals surface area contributed by atoms with Gasteiger partial charge in [0.1, 0.15) is 17.1 Å². The molecular weight excluding hydrogens is 394 g/mol. The Balaban J connectivity index is 2.11. The first-order valence-corrected chi connectivity index (χ1v) is 10.7. The summed E-state index contributed by atoms with van der Waals surface area (Å²) in [6.07, 6.45) is 0.949. The number of methoxy groups -OCH3 is 1. The van der Waals surface area contributed by atoms with E-state index < -0.39 is 5.54 Å². The number of ether oxygens (including phenoxy) is 1. The topological polar surface area (TPSA) is 88.5 Å². The lowest BCUT2D eigenvalue weighted by Gasteiger charge is -2.32. The molecule has 1 atom stereocenters. The summed E-state index contributed by atoms with van der Waals surface area (Å²) >= 11 is 0. The van der Waals surface area contributed by atoms with Gasteiger partial charge < -0.3 is 24.8 Å². The van der Waals surface area contributed by atoms with Gasteiger partial charge in [-0.15, -0.1) is 0 Å². The molecule has 8 heteroatoms. The molecule has 2 heterocycles. The van der Waals surface area contributed by atoms with Crippen molar-refractivity contribution in [2.24, 2.45) is 5.92 Å². The maximum absolute atomic E-state index is 13.5. The van der Waals surface area contributed by atoms with Crippen molar-refractivity contribution in [2.45, 2.75) is 45.8 Å². The van der Waals surface area contributed by atoms with E-state index in [4.69, 9.17) is 9.72 Å². The van der Waals surface area contributed by atoms with Crippen molar-refractivity contribution >= 4 is 11.8 Å². The summed E-state index contributed by atoms with van der Waals surface area (Å²) in [5.74, 6) is 0.730. The number of aromatic nitrogens is 2. The third-order valence-corrected chi connectivity index (χ3v) is 6.20. The van der Waals surface area contributed by atoms with Crippen molar-refractivity contribution < 1.29 is 14.3 Å². The van der Waals surface area contributed by atoms with Gasteiger partial charge in [-0.3, -0.25) is 9.59 Å². The second-order valence-electron chi connectivity index (χ2n) is 8.56. The molecule has 1 aliphatic heterocycles. The van der Waals surface area contributed by atoms with Crippen LogP contribution in [0.4, 0.5) is 0 Å². The van der Waals surface area contributed by atoms with Crippen LogP contribution in [-0.2, 0) is 17.9 Å². The van der Waals surface area contributed by atoms with Crippen LogP contribution >= 0.6 is 0 Å². The Morgan fingerprint density at radius 2 is 1.94 bits per heavy atom. The maximum atomic E-state index is 13.5. The maximum Gasteiger partial charge on any atom is 0.272 e. The molecule has 0 spiro atoms. The molecule has 2 amide bonds. The molecule has 1 aromatic carbocycles. The fourth-order valence-electron chi connectivity index (χ4n) is 3.96. The SMILES string of the molecule is CNC(=O)C(C)(NC(=O)c1nc(-c2ccccc2OC)n2c1CN(C)CCC2)C(C)C. The summed E-state index contributed by atoms with van der Waals surface area (Å²) in [6.45, 7) is 7.86. The Bertz CT molecular complexity index is 968. The highest BCUT2D eigenvalue weighted by Crippen LogP contribution is 2.32. The predicted octanol–water partition coefficient (Wildman–Crippen LogP) is 2.28. The fourth-order valence-corrected chi connectivity index (χ4v) is 3.96. The van der Waals surface area contributed by atoms with Crippen molar-refractivity contribution in [2.75, 3.05) is 27.7 Å². The smallest absolute Gasteiger partial charge is 0.272 e. The average molecular weight is 428 g/mol. The van der Waals surface area contributed by atoms with E-state index in [9.17, 15) is 9.59 Å². The number of rotatable bonds is 6. The molecule has 2 N–H and O–H groups in total. The number of benzene rings is 1. The molecule has 31 heavy (non-hydrogen) atoms. The number of imidazole rings is 1. The predicted molar refractivity (Wildman–Crippen MR) is 120 cm³/mol. The van der Waals surface area contributed by atoms with Gasteiger partial charge in [0.05, 0.1) is 18.4 Å². The zero-order valence-corrected chi connectivity index (χ0v) is 19.3. The molecule has 168 valence electrons. The summed E-state index contributed by atoms with van der Waals surface area (Å²) in [6, 6.07) is 7.69. The summed E-state index contributed by atoms with van der Waals surface area (Å²) < 4.78 is 7.67. The first kappa shape index (κ1) is 22.8.